The average molecular weight is 286 g/mol. The molecule has 5 heteroatoms. The summed E-state index contributed by atoms with van der Waals surface area (Å²) in [5, 5.41) is 10.7. The molecule has 1 aromatic heterocycles. The van der Waals surface area contributed by atoms with Gasteiger partial charge in [-0.1, -0.05) is 23.9 Å². The van der Waals surface area contributed by atoms with Crippen LogP contribution in [-0.2, 0) is 9.53 Å². The quantitative estimate of drug-likeness (QED) is 0.641. The second kappa shape index (κ2) is 5.93. The number of hydrogen-bond donors (Lipinski definition) is 0. The average Bonchev–Trinajstić information content (AvgIpc) is 2.47. The Labute approximate surface area is 121 Å². The highest BCUT2D eigenvalue weighted by Gasteiger charge is 2.12. The number of esters is 1. The highest BCUT2D eigenvalue weighted by molar-refractivity contribution is 7.99. The van der Waals surface area contributed by atoms with Crippen molar-refractivity contribution in [1.29, 1.82) is 5.26 Å². The Kier molecular flexibility index (Phi) is 4.26. The van der Waals surface area contributed by atoms with Gasteiger partial charge >= 0.3 is 5.97 Å². The van der Waals surface area contributed by atoms with Crippen molar-refractivity contribution in [3.8, 4) is 6.07 Å². The largest absolute Gasteiger partial charge is 0.468 e. The maximum absolute atomic E-state index is 11.2. The first-order chi connectivity index (χ1) is 9.56. The molecule has 0 bridgehead atoms. The lowest BCUT2D eigenvalue weighted by Gasteiger charge is -2.08. The lowest BCUT2D eigenvalue weighted by atomic mass is 10.0. The minimum absolute atomic E-state index is 0.147. The molecule has 20 heavy (non-hydrogen) atoms. The number of methoxy groups -OCH3 is 1. The summed E-state index contributed by atoms with van der Waals surface area (Å²) in [6.45, 7) is 4.03. The van der Waals surface area contributed by atoms with Crippen LogP contribution >= 0.6 is 11.8 Å². The van der Waals surface area contributed by atoms with Gasteiger partial charge in [0.15, 0.2) is 0 Å². The number of nitrogens with zero attached hydrogens (tertiary/aromatic N) is 2. The molecule has 0 saturated heterocycles. The van der Waals surface area contributed by atoms with E-state index in [1.165, 1.54) is 18.9 Å². The summed E-state index contributed by atoms with van der Waals surface area (Å²) in [5.74, 6) is -0.184. The first-order valence-corrected chi connectivity index (χ1v) is 7.06. The van der Waals surface area contributed by atoms with Gasteiger partial charge in [-0.05, 0) is 31.0 Å². The summed E-state index contributed by atoms with van der Waals surface area (Å²) < 4.78 is 4.61. The first kappa shape index (κ1) is 14.4. The van der Waals surface area contributed by atoms with E-state index in [0.29, 0.717) is 10.6 Å². The molecule has 0 aliphatic heterocycles. The molecule has 1 aromatic carbocycles. The fourth-order valence-electron chi connectivity index (χ4n) is 1.84. The molecule has 0 radical (unpaired) electrons. The van der Waals surface area contributed by atoms with E-state index in [4.69, 9.17) is 0 Å². The highest BCUT2D eigenvalue weighted by Crippen LogP contribution is 2.27. The number of rotatable bonds is 3. The predicted molar refractivity (Wildman–Crippen MR) is 78.7 cm³/mol. The zero-order chi connectivity index (χ0) is 14.7. The number of pyridine rings is 1. The number of carbonyl (C=O) groups is 1. The smallest absolute Gasteiger partial charge is 0.316 e. The van der Waals surface area contributed by atoms with Crippen LogP contribution < -0.4 is 0 Å². The standard InChI is InChI=1S/C15H14N2O2S/c1-9-4-5-11-6-12(7-16)15(17-14(11)10(9)2)20-8-13(18)19-3/h4-6H,8H2,1-3H3. The zero-order valence-corrected chi connectivity index (χ0v) is 12.4. The van der Waals surface area contributed by atoms with Crippen molar-refractivity contribution in [3.05, 3.63) is 34.9 Å². The number of carbonyl (C=O) groups excluding carboxylic acids is 1. The molecule has 2 rings (SSSR count). The Morgan fingerprint density at radius 3 is 2.85 bits per heavy atom. The first-order valence-electron chi connectivity index (χ1n) is 6.07. The minimum atomic E-state index is -0.332. The molecule has 0 aliphatic carbocycles. The van der Waals surface area contributed by atoms with Gasteiger partial charge < -0.3 is 4.74 Å². The van der Waals surface area contributed by atoms with Gasteiger partial charge in [0.25, 0.3) is 0 Å². The Bertz CT molecular complexity index is 720. The number of aryl methyl sites for hydroxylation is 2. The van der Waals surface area contributed by atoms with Gasteiger partial charge in [-0.3, -0.25) is 4.79 Å². The highest BCUT2D eigenvalue weighted by atomic mass is 32.2. The van der Waals surface area contributed by atoms with Crippen LogP contribution in [0.2, 0.25) is 0 Å². The van der Waals surface area contributed by atoms with E-state index in [-0.39, 0.29) is 11.7 Å². The van der Waals surface area contributed by atoms with Gasteiger partial charge in [-0.25, -0.2) is 4.98 Å². The topological polar surface area (TPSA) is 63.0 Å². The number of thioether (sulfide) groups is 1. The number of hydrogen-bond acceptors (Lipinski definition) is 5. The second-order valence-electron chi connectivity index (χ2n) is 4.40. The lowest BCUT2D eigenvalue weighted by molar-refractivity contribution is -0.137. The molecule has 0 saturated carbocycles. The number of ether oxygens (including phenoxy) is 1. The van der Waals surface area contributed by atoms with Gasteiger partial charge in [0, 0.05) is 5.39 Å². The molecule has 0 N–H and O–H groups in total. The number of benzene rings is 1. The van der Waals surface area contributed by atoms with Crippen LogP contribution in [-0.4, -0.2) is 23.8 Å². The molecule has 0 atom stereocenters. The summed E-state index contributed by atoms with van der Waals surface area (Å²) in [5.41, 5.74) is 3.59. The van der Waals surface area contributed by atoms with Crippen molar-refractivity contribution in [2.45, 2.75) is 18.9 Å². The Morgan fingerprint density at radius 2 is 2.20 bits per heavy atom. The lowest BCUT2D eigenvalue weighted by Crippen LogP contribution is -2.04. The third-order valence-corrected chi connectivity index (χ3v) is 4.12. The van der Waals surface area contributed by atoms with Gasteiger partial charge in [-0.2, -0.15) is 5.26 Å². The monoisotopic (exact) mass is 286 g/mol. The maximum atomic E-state index is 11.2. The number of aromatic nitrogens is 1. The van der Waals surface area contributed by atoms with Crippen molar-refractivity contribution >= 4 is 28.6 Å². The van der Waals surface area contributed by atoms with E-state index in [9.17, 15) is 10.1 Å². The molecule has 1 heterocycles. The zero-order valence-electron chi connectivity index (χ0n) is 11.6. The van der Waals surface area contributed by atoms with Crippen molar-refractivity contribution in [2.24, 2.45) is 0 Å². The van der Waals surface area contributed by atoms with Crippen LogP contribution in [0.3, 0.4) is 0 Å². The molecule has 0 aliphatic rings. The van der Waals surface area contributed by atoms with Gasteiger partial charge in [0.2, 0.25) is 0 Å². The van der Waals surface area contributed by atoms with E-state index in [1.54, 1.807) is 0 Å². The van der Waals surface area contributed by atoms with Crippen molar-refractivity contribution in [1.82, 2.24) is 4.98 Å². The van der Waals surface area contributed by atoms with Crippen LogP contribution in [0.5, 0.6) is 0 Å². The third-order valence-electron chi connectivity index (χ3n) is 3.15. The molecule has 4 nitrogen and oxygen atoms in total. The van der Waals surface area contributed by atoms with Gasteiger partial charge in [0.1, 0.15) is 11.1 Å². The molecule has 102 valence electrons. The molecular formula is C15H14N2O2S. The van der Waals surface area contributed by atoms with E-state index in [1.807, 2.05) is 32.0 Å². The SMILES string of the molecule is COC(=O)CSc1nc2c(C)c(C)ccc2cc1C#N. The number of fused-ring (bicyclic) bond motifs is 1. The van der Waals surface area contributed by atoms with Gasteiger partial charge in [-0.15, -0.1) is 0 Å². The van der Waals surface area contributed by atoms with Crippen LogP contribution in [0.1, 0.15) is 16.7 Å². The molecule has 0 unspecified atom stereocenters. The summed E-state index contributed by atoms with van der Waals surface area (Å²) in [4.78, 5) is 15.8. The molecular weight excluding hydrogens is 272 g/mol. The molecule has 0 spiro atoms. The summed E-state index contributed by atoms with van der Waals surface area (Å²) in [6.07, 6.45) is 0. The van der Waals surface area contributed by atoms with E-state index in [2.05, 4.69) is 15.8 Å². The van der Waals surface area contributed by atoms with E-state index in [0.717, 1.165) is 22.0 Å². The van der Waals surface area contributed by atoms with Crippen LogP contribution in [0.25, 0.3) is 10.9 Å². The fourth-order valence-corrected chi connectivity index (χ4v) is 2.63. The molecule has 0 amide bonds. The molecule has 2 aromatic rings. The second-order valence-corrected chi connectivity index (χ2v) is 5.36. The van der Waals surface area contributed by atoms with Crippen LogP contribution in [0.15, 0.2) is 23.2 Å². The van der Waals surface area contributed by atoms with Crippen molar-refractivity contribution in [3.63, 3.8) is 0 Å². The van der Waals surface area contributed by atoms with E-state index < -0.39 is 0 Å². The van der Waals surface area contributed by atoms with Crippen LogP contribution in [0.4, 0.5) is 0 Å². The molecule has 0 fully saturated rings. The Morgan fingerprint density at radius 1 is 1.45 bits per heavy atom. The predicted octanol–water partition coefficient (Wildman–Crippen LogP) is 2.99. The van der Waals surface area contributed by atoms with Crippen molar-refractivity contribution in [2.75, 3.05) is 12.9 Å². The Hall–Kier alpha value is -2.06. The number of nitriles is 1. The minimum Gasteiger partial charge on any atom is -0.468 e. The fraction of sp³-hybridized carbons (Fsp3) is 0.267. The maximum Gasteiger partial charge on any atom is 0.316 e. The summed E-state index contributed by atoms with van der Waals surface area (Å²) >= 11 is 1.23. The van der Waals surface area contributed by atoms with Crippen molar-refractivity contribution < 1.29 is 9.53 Å². The normalized spacial score (nSPS) is 10.3. The van der Waals surface area contributed by atoms with Gasteiger partial charge in [0.05, 0.1) is 23.9 Å². The Balaban J connectivity index is 2.50. The third kappa shape index (κ3) is 2.75. The summed E-state index contributed by atoms with van der Waals surface area (Å²) in [7, 11) is 1.34. The summed E-state index contributed by atoms with van der Waals surface area (Å²) in [6, 6.07) is 7.92. The van der Waals surface area contributed by atoms with Crippen LogP contribution in [0, 0.1) is 25.2 Å². The van der Waals surface area contributed by atoms with E-state index >= 15 is 0 Å².